The normalized spacial score (nSPS) is 18.2. The molecular formula is C5H8N2O2. The van der Waals surface area contributed by atoms with Gasteiger partial charge in [0, 0.05) is 6.04 Å². The lowest BCUT2D eigenvalue weighted by molar-refractivity contribution is -0.402. The second-order valence-corrected chi connectivity index (χ2v) is 2.04. The summed E-state index contributed by atoms with van der Waals surface area (Å²) in [6, 6.07) is 0.501. The van der Waals surface area contributed by atoms with E-state index in [0.29, 0.717) is 6.04 Å². The topological polar surface area (TPSA) is 55.2 Å². The van der Waals surface area contributed by atoms with Gasteiger partial charge in [0.1, 0.15) is 0 Å². The molecule has 0 bridgehead atoms. The van der Waals surface area contributed by atoms with Gasteiger partial charge < -0.3 is 5.32 Å². The van der Waals surface area contributed by atoms with Crippen LogP contribution in [0.2, 0.25) is 0 Å². The summed E-state index contributed by atoms with van der Waals surface area (Å²) in [5.41, 5.74) is 0. The van der Waals surface area contributed by atoms with Crippen molar-refractivity contribution in [2.45, 2.75) is 18.9 Å². The molecule has 0 amide bonds. The fraction of sp³-hybridized carbons (Fsp3) is 0.600. The zero-order valence-corrected chi connectivity index (χ0v) is 4.91. The summed E-state index contributed by atoms with van der Waals surface area (Å²) >= 11 is 0. The summed E-state index contributed by atoms with van der Waals surface area (Å²) in [5, 5.41) is 12.5. The molecule has 0 aliphatic heterocycles. The van der Waals surface area contributed by atoms with E-state index in [4.69, 9.17) is 0 Å². The zero-order chi connectivity index (χ0) is 6.69. The van der Waals surface area contributed by atoms with E-state index in [1.54, 1.807) is 0 Å². The third-order valence-electron chi connectivity index (χ3n) is 1.11. The predicted octanol–water partition coefficient (Wildman–Crippen LogP) is 0.486. The molecule has 0 aromatic rings. The second kappa shape index (κ2) is 2.48. The minimum Gasteiger partial charge on any atom is -0.383 e. The van der Waals surface area contributed by atoms with Crippen molar-refractivity contribution in [3.8, 4) is 0 Å². The van der Waals surface area contributed by atoms with Crippen LogP contribution in [0, 0.1) is 10.1 Å². The first kappa shape index (κ1) is 6.07. The maximum atomic E-state index is 9.68. The third-order valence-corrected chi connectivity index (χ3v) is 1.11. The molecule has 1 rings (SSSR count). The van der Waals surface area contributed by atoms with Gasteiger partial charge in [-0.05, 0) is 12.8 Å². The van der Waals surface area contributed by atoms with E-state index in [-0.39, 0.29) is 0 Å². The first-order chi connectivity index (χ1) is 4.29. The van der Waals surface area contributed by atoms with Gasteiger partial charge in [0.25, 0.3) is 0 Å². The van der Waals surface area contributed by atoms with Crippen LogP contribution in [0.4, 0.5) is 0 Å². The Balaban J connectivity index is 2.08. The summed E-state index contributed by atoms with van der Waals surface area (Å²) in [6.07, 6.45) is 4.58. The molecular weight excluding hydrogens is 120 g/mol. The van der Waals surface area contributed by atoms with Gasteiger partial charge in [-0.25, -0.2) is 0 Å². The first-order valence-corrected chi connectivity index (χ1v) is 2.85. The van der Waals surface area contributed by atoms with Crippen LogP contribution in [0.15, 0.2) is 12.4 Å². The Kier molecular flexibility index (Phi) is 1.67. The molecule has 0 aromatic carbocycles. The molecule has 1 saturated carbocycles. The van der Waals surface area contributed by atoms with E-state index in [0.717, 1.165) is 19.0 Å². The van der Waals surface area contributed by atoms with Crippen LogP contribution in [0.1, 0.15) is 12.8 Å². The van der Waals surface area contributed by atoms with Crippen LogP contribution >= 0.6 is 0 Å². The minimum atomic E-state index is -0.477. The van der Waals surface area contributed by atoms with Gasteiger partial charge in [-0.2, -0.15) is 0 Å². The fourth-order valence-corrected chi connectivity index (χ4v) is 0.490. The van der Waals surface area contributed by atoms with Crippen molar-refractivity contribution in [1.82, 2.24) is 5.32 Å². The summed E-state index contributed by atoms with van der Waals surface area (Å²) in [5.74, 6) is 0. The van der Waals surface area contributed by atoms with Gasteiger partial charge in [0.05, 0.1) is 11.1 Å². The zero-order valence-electron chi connectivity index (χ0n) is 4.91. The summed E-state index contributed by atoms with van der Waals surface area (Å²) in [7, 11) is 0. The lowest BCUT2D eigenvalue weighted by Crippen LogP contribution is -2.07. The Morgan fingerprint density at radius 1 is 1.67 bits per heavy atom. The Hall–Kier alpha value is -1.06. The number of hydrogen-bond acceptors (Lipinski definition) is 3. The minimum absolute atomic E-state index is 0.477. The molecule has 4 heteroatoms. The van der Waals surface area contributed by atoms with Crippen molar-refractivity contribution in [1.29, 1.82) is 0 Å². The average molecular weight is 128 g/mol. The van der Waals surface area contributed by atoms with Gasteiger partial charge in [0.15, 0.2) is 0 Å². The van der Waals surface area contributed by atoms with Gasteiger partial charge in [-0.15, -0.1) is 0 Å². The number of rotatable bonds is 3. The predicted molar refractivity (Wildman–Crippen MR) is 32.3 cm³/mol. The molecule has 50 valence electrons. The van der Waals surface area contributed by atoms with Crippen LogP contribution in [-0.4, -0.2) is 11.0 Å². The van der Waals surface area contributed by atoms with E-state index in [1.165, 1.54) is 6.20 Å². The van der Waals surface area contributed by atoms with E-state index in [9.17, 15) is 10.1 Å². The maximum absolute atomic E-state index is 9.68. The number of hydrogen-bond donors (Lipinski definition) is 1. The summed E-state index contributed by atoms with van der Waals surface area (Å²) < 4.78 is 0. The Morgan fingerprint density at radius 2 is 2.33 bits per heavy atom. The summed E-state index contributed by atoms with van der Waals surface area (Å²) in [4.78, 5) is 9.20. The highest BCUT2D eigenvalue weighted by Gasteiger charge is 2.18. The first-order valence-electron chi connectivity index (χ1n) is 2.85. The highest BCUT2D eigenvalue weighted by Crippen LogP contribution is 2.18. The molecule has 4 nitrogen and oxygen atoms in total. The van der Waals surface area contributed by atoms with Crippen molar-refractivity contribution in [2.24, 2.45) is 0 Å². The molecule has 1 N–H and O–H groups in total. The maximum Gasteiger partial charge on any atom is 0.249 e. The van der Waals surface area contributed by atoms with E-state index < -0.39 is 4.92 Å². The molecule has 0 atom stereocenters. The van der Waals surface area contributed by atoms with Crippen molar-refractivity contribution in [3.05, 3.63) is 22.5 Å². The van der Waals surface area contributed by atoms with Crippen LogP contribution < -0.4 is 5.32 Å². The van der Waals surface area contributed by atoms with Gasteiger partial charge in [0.2, 0.25) is 6.20 Å². The van der Waals surface area contributed by atoms with Crippen LogP contribution in [0.25, 0.3) is 0 Å². The standard InChI is InChI=1S/C5H8N2O2/c8-7(9)4-3-6-5-1-2-5/h3-6H,1-2H2/b4-3-. The van der Waals surface area contributed by atoms with Crippen molar-refractivity contribution in [2.75, 3.05) is 0 Å². The lowest BCUT2D eigenvalue weighted by Gasteiger charge is -1.88. The lowest BCUT2D eigenvalue weighted by atomic mass is 10.7. The molecule has 0 heterocycles. The molecule has 0 spiro atoms. The van der Waals surface area contributed by atoms with Crippen LogP contribution in [0.3, 0.4) is 0 Å². The Morgan fingerprint density at radius 3 is 2.78 bits per heavy atom. The Bertz CT molecular complexity index is 140. The van der Waals surface area contributed by atoms with Crippen molar-refractivity contribution < 1.29 is 4.92 Å². The molecule has 1 aliphatic rings. The quantitative estimate of drug-likeness (QED) is 0.444. The number of nitrogens with one attached hydrogen (secondary N) is 1. The smallest absolute Gasteiger partial charge is 0.249 e. The highest BCUT2D eigenvalue weighted by molar-refractivity contribution is 4.86. The molecule has 0 saturated heterocycles. The van der Waals surface area contributed by atoms with Gasteiger partial charge in [-0.3, -0.25) is 10.1 Å². The van der Waals surface area contributed by atoms with E-state index in [2.05, 4.69) is 5.32 Å². The third kappa shape index (κ3) is 2.69. The van der Waals surface area contributed by atoms with E-state index >= 15 is 0 Å². The van der Waals surface area contributed by atoms with E-state index in [1.807, 2.05) is 0 Å². The van der Waals surface area contributed by atoms with Gasteiger partial charge in [-0.1, -0.05) is 0 Å². The van der Waals surface area contributed by atoms with Crippen LogP contribution in [0.5, 0.6) is 0 Å². The summed E-state index contributed by atoms with van der Waals surface area (Å²) in [6.45, 7) is 0. The molecule has 9 heavy (non-hydrogen) atoms. The average Bonchev–Trinajstić information content (AvgIpc) is 2.48. The molecule has 0 aromatic heterocycles. The largest absolute Gasteiger partial charge is 0.383 e. The van der Waals surface area contributed by atoms with Crippen molar-refractivity contribution in [3.63, 3.8) is 0 Å². The molecule has 1 fully saturated rings. The Labute approximate surface area is 52.7 Å². The van der Waals surface area contributed by atoms with Crippen molar-refractivity contribution >= 4 is 0 Å². The number of nitro groups is 1. The number of nitrogens with zero attached hydrogens (tertiary/aromatic N) is 1. The van der Waals surface area contributed by atoms with Crippen LogP contribution in [-0.2, 0) is 0 Å². The van der Waals surface area contributed by atoms with Gasteiger partial charge >= 0.3 is 0 Å². The SMILES string of the molecule is O=[N+]([O-])/C=C\NC1CC1. The fourth-order valence-electron chi connectivity index (χ4n) is 0.490. The molecule has 0 unspecified atom stereocenters. The highest BCUT2D eigenvalue weighted by atomic mass is 16.6. The second-order valence-electron chi connectivity index (χ2n) is 2.04. The molecule has 0 radical (unpaired) electrons. The molecule has 1 aliphatic carbocycles. The monoisotopic (exact) mass is 128 g/mol.